The van der Waals surface area contributed by atoms with Gasteiger partial charge in [0.05, 0.1) is 11.4 Å². The molecule has 0 aromatic carbocycles. The Morgan fingerprint density at radius 1 is 1.38 bits per heavy atom. The van der Waals surface area contributed by atoms with Crippen molar-refractivity contribution in [3.63, 3.8) is 0 Å². The molecule has 21 heavy (non-hydrogen) atoms. The summed E-state index contributed by atoms with van der Waals surface area (Å²) in [6.45, 7) is 3.08. The minimum Gasteiger partial charge on any atom is -0.374 e. The molecule has 0 saturated carbocycles. The Kier molecular flexibility index (Phi) is 4.10. The van der Waals surface area contributed by atoms with Crippen molar-refractivity contribution in [2.24, 2.45) is 0 Å². The van der Waals surface area contributed by atoms with E-state index in [9.17, 15) is 0 Å². The molecule has 2 aromatic heterocycles. The van der Waals surface area contributed by atoms with Gasteiger partial charge in [0.2, 0.25) is 0 Å². The minimum atomic E-state index is 0.261. The quantitative estimate of drug-likeness (QED) is 0.914. The Bertz CT molecular complexity index is 629. The number of aromatic nitrogens is 3. The molecule has 1 N–H and O–H groups in total. The van der Waals surface area contributed by atoms with Crippen molar-refractivity contribution < 1.29 is 4.74 Å². The monoisotopic (exact) mass is 284 g/mol. The number of pyridine rings is 1. The summed E-state index contributed by atoms with van der Waals surface area (Å²) in [6, 6.07) is 6.17. The van der Waals surface area contributed by atoms with Crippen LogP contribution in [0.15, 0.2) is 24.4 Å². The van der Waals surface area contributed by atoms with E-state index < -0.39 is 0 Å². The molecule has 0 fully saturated rings. The van der Waals surface area contributed by atoms with Crippen molar-refractivity contribution in [3.05, 3.63) is 47.2 Å². The maximum atomic E-state index is 5.44. The van der Waals surface area contributed by atoms with E-state index in [1.807, 2.05) is 32.3 Å². The minimum absolute atomic E-state index is 0.261. The molecule has 0 amide bonds. The maximum Gasteiger partial charge on any atom is 0.156 e. The smallest absolute Gasteiger partial charge is 0.156 e. The molecule has 110 valence electrons. The first-order chi connectivity index (χ1) is 10.3. The first-order valence-electron chi connectivity index (χ1n) is 7.39. The van der Waals surface area contributed by atoms with Gasteiger partial charge in [-0.2, -0.15) is 0 Å². The van der Waals surface area contributed by atoms with Gasteiger partial charge in [0.25, 0.3) is 0 Å². The van der Waals surface area contributed by atoms with Crippen molar-refractivity contribution in [2.45, 2.75) is 32.3 Å². The summed E-state index contributed by atoms with van der Waals surface area (Å²) in [5, 5.41) is 3.10. The summed E-state index contributed by atoms with van der Waals surface area (Å²) in [4.78, 5) is 13.7. The summed E-state index contributed by atoms with van der Waals surface area (Å²) < 4.78 is 5.44. The second kappa shape index (κ2) is 6.18. The van der Waals surface area contributed by atoms with Crippen LogP contribution < -0.4 is 5.32 Å². The molecule has 1 aliphatic carbocycles. The van der Waals surface area contributed by atoms with Crippen molar-refractivity contribution in [1.82, 2.24) is 15.0 Å². The number of ether oxygens (including phenoxy) is 1. The van der Waals surface area contributed by atoms with Gasteiger partial charge in [-0.05, 0) is 31.4 Å². The summed E-state index contributed by atoms with van der Waals surface area (Å²) in [5.41, 5.74) is 3.51. The molecule has 2 heterocycles. The molecule has 5 nitrogen and oxygen atoms in total. The average molecular weight is 284 g/mol. The van der Waals surface area contributed by atoms with Crippen LogP contribution in [0.25, 0.3) is 0 Å². The van der Waals surface area contributed by atoms with Gasteiger partial charge < -0.3 is 10.1 Å². The van der Waals surface area contributed by atoms with Crippen molar-refractivity contribution in [2.75, 3.05) is 19.0 Å². The van der Waals surface area contributed by atoms with E-state index in [4.69, 9.17) is 4.74 Å². The van der Waals surface area contributed by atoms with E-state index in [0.717, 1.165) is 35.9 Å². The number of rotatable bonds is 5. The highest BCUT2D eigenvalue weighted by Gasteiger charge is 2.27. The standard InChI is InChI=1S/C16H20N4O/c1-3-21-10-15-19-13(9-14(17-2)20-15)12-7-6-11-5-4-8-18-16(11)12/h4-5,8-9,12H,3,6-7,10H2,1-2H3,(H,17,19,20). The van der Waals surface area contributed by atoms with Gasteiger partial charge in [0, 0.05) is 31.8 Å². The SMILES string of the molecule is CCOCc1nc(NC)cc(C2CCc3cccnc32)n1. The summed E-state index contributed by atoms with van der Waals surface area (Å²) in [5.74, 6) is 1.82. The molecule has 0 bridgehead atoms. The van der Waals surface area contributed by atoms with Crippen LogP contribution in [0.4, 0.5) is 5.82 Å². The first kappa shape index (κ1) is 13.9. The summed E-state index contributed by atoms with van der Waals surface area (Å²) >= 11 is 0. The Morgan fingerprint density at radius 3 is 3.10 bits per heavy atom. The molecular formula is C16H20N4O. The molecule has 1 unspecified atom stereocenters. The van der Waals surface area contributed by atoms with Crippen LogP contribution >= 0.6 is 0 Å². The summed E-state index contributed by atoms with van der Waals surface area (Å²) in [7, 11) is 1.87. The fourth-order valence-electron chi connectivity index (χ4n) is 2.78. The number of nitrogens with zero attached hydrogens (tertiary/aromatic N) is 3. The molecule has 0 aliphatic heterocycles. The zero-order valence-electron chi connectivity index (χ0n) is 12.5. The number of hydrogen-bond acceptors (Lipinski definition) is 5. The van der Waals surface area contributed by atoms with Crippen LogP contribution in [0.1, 0.15) is 42.0 Å². The molecule has 2 aromatic rings. The van der Waals surface area contributed by atoms with Gasteiger partial charge in [0.15, 0.2) is 5.82 Å². The molecule has 3 rings (SSSR count). The predicted molar refractivity (Wildman–Crippen MR) is 81.3 cm³/mol. The van der Waals surface area contributed by atoms with E-state index in [-0.39, 0.29) is 5.92 Å². The lowest BCUT2D eigenvalue weighted by molar-refractivity contribution is 0.128. The number of anilines is 1. The molecule has 5 heteroatoms. The van der Waals surface area contributed by atoms with Crippen molar-refractivity contribution in [1.29, 1.82) is 0 Å². The number of aryl methyl sites for hydroxylation is 1. The fourth-order valence-corrected chi connectivity index (χ4v) is 2.78. The topological polar surface area (TPSA) is 59.9 Å². The van der Waals surface area contributed by atoms with Gasteiger partial charge in [-0.3, -0.25) is 4.98 Å². The number of hydrogen-bond donors (Lipinski definition) is 1. The largest absolute Gasteiger partial charge is 0.374 e. The summed E-state index contributed by atoms with van der Waals surface area (Å²) in [6.07, 6.45) is 3.98. The van der Waals surface area contributed by atoms with Crippen LogP contribution in [0, 0.1) is 0 Å². The van der Waals surface area contributed by atoms with E-state index in [1.165, 1.54) is 5.56 Å². The Labute approximate surface area is 124 Å². The van der Waals surface area contributed by atoms with Gasteiger partial charge in [0.1, 0.15) is 12.4 Å². The molecule has 1 atom stereocenters. The normalized spacial score (nSPS) is 16.8. The zero-order valence-corrected chi connectivity index (χ0v) is 12.5. The van der Waals surface area contributed by atoms with Gasteiger partial charge in [-0.25, -0.2) is 9.97 Å². The van der Waals surface area contributed by atoms with Crippen LogP contribution in [0.5, 0.6) is 0 Å². The lowest BCUT2D eigenvalue weighted by Gasteiger charge is -2.13. The second-order valence-corrected chi connectivity index (χ2v) is 5.12. The van der Waals surface area contributed by atoms with E-state index in [1.54, 1.807) is 0 Å². The second-order valence-electron chi connectivity index (χ2n) is 5.12. The predicted octanol–water partition coefficient (Wildman–Crippen LogP) is 2.53. The zero-order chi connectivity index (χ0) is 14.7. The van der Waals surface area contributed by atoms with E-state index in [0.29, 0.717) is 13.2 Å². The molecule has 1 aliphatic rings. The van der Waals surface area contributed by atoms with Crippen LogP contribution in [0.2, 0.25) is 0 Å². The Morgan fingerprint density at radius 2 is 2.29 bits per heavy atom. The van der Waals surface area contributed by atoms with Gasteiger partial charge >= 0.3 is 0 Å². The van der Waals surface area contributed by atoms with Crippen LogP contribution in [0.3, 0.4) is 0 Å². The average Bonchev–Trinajstić information content (AvgIpc) is 2.96. The van der Waals surface area contributed by atoms with Gasteiger partial charge in [-0.15, -0.1) is 0 Å². The third kappa shape index (κ3) is 2.88. The third-order valence-electron chi connectivity index (χ3n) is 3.80. The van der Waals surface area contributed by atoms with E-state index >= 15 is 0 Å². The molecular weight excluding hydrogens is 264 g/mol. The van der Waals surface area contributed by atoms with Crippen LogP contribution in [-0.2, 0) is 17.8 Å². The number of nitrogens with one attached hydrogen (secondary N) is 1. The lowest BCUT2D eigenvalue weighted by Crippen LogP contribution is -2.09. The first-order valence-corrected chi connectivity index (χ1v) is 7.39. The maximum absolute atomic E-state index is 5.44. The van der Waals surface area contributed by atoms with Crippen molar-refractivity contribution >= 4 is 5.82 Å². The molecule has 0 saturated heterocycles. The van der Waals surface area contributed by atoms with Crippen molar-refractivity contribution in [3.8, 4) is 0 Å². The van der Waals surface area contributed by atoms with Crippen LogP contribution in [-0.4, -0.2) is 28.6 Å². The number of fused-ring (bicyclic) bond motifs is 1. The fraction of sp³-hybridized carbons (Fsp3) is 0.438. The van der Waals surface area contributed by atoms with E-state index in [2.05, 4.69) is 26.3 Å². The Balaban J connectivity index is 1.95. The molecule has 0 radical (unpaired) electrons. The lowest BCUT2D eigenvalue weighted by atomic mass is 10.0. The molecule has 0 spiro atoms. The Hall–Kier alpha value is -2.01. The highest BCUT2D eigenvalue weighted by molar-refractivity contribution is 5.41. The third-order valence-corrected chi connectivity index (χ3v) is 3.80. The highest BCUT2D eigenvalue weighted by atomic mass is 16.5. The van der Waals surface area contributed by atoms with Gasteiger partial charge in [-0.1, -0.05) is 6.07 Å². The highest BCUT2D eigenvalue weighted by Crippen LogP contribution is 2.36.